The molecule has 3 N–H and O–H groups in total. The Labute approximate surface area is 139 Å². The lowest BCUT2D eigenvalue weighted by molar-refractivity contribution is -0.121. The smallest absolute Gasteiger partial charge is 0.254 e. The van der Waals surface area contributed by atoms with E-state index < -0.39 is 0 Å². The number of H-pyrrole nitrogens is 1. The van der Waals surface area contributed by atoms with E-state index >= 15 is 0 Å². The predicted octanol–water partition coefficient (Wildman–Crippen LogP) is 1.23. The lowest BCUT2D eigenvalue weighted by Gasteiger charge is -2.12. The van der Waals surface area contributed by atoms with Gasteiger partial charge in [0, 0.05) is 11.3 Å². The summed E-state index contributed by atoms with van der Waals surface area (Å²) >= 11 is 0. The fourth-order valence-corrected chi connectivity index (χ4v) is 2.17. The van der Waals surface area contributed by atoms with Crippen LogP contribution in [0, 0.1) is 13.8 Å². The highest BCUT2D eigenvalue weighted by Crippen LogP contribution is 2.15. The molecule has 0 aliphatic carbocycles. The Morgan fingerprint density at radius 1 is 1.25 bits per heavy atom. The Balaban J connectivity index is 1.95. The molecule has 0 aliphatic heterocycles. The number of carbonyl (C=O) groups is 1. The van der Waals surface area contributed by atoms with Crippen molar-refractivity contribution in [2.45, 2.75) is 20.3 Å². The van der Waals surface area contributed by atoms with Crippen molar-refractivity contribution in [2.75, 3.05) is 7.11 Å². The Bertz CT molecular complexity index is 810. The van der Waals surface area contributed by atoms with Gasteiger partial charge in [-0.05, 0) is 43.7 Å². The number of amides is 1. The second kappa shape index (κ2) is 7.45. The fourth-order valence-electron chi connectivity index (χ4n) is 2.17. The largest absolute Gasteiger partial charge is 0.497 e. The summed E-state index contributed by atoms with van der Waals surface area (Å²) in [4.78, 5) is 30.7. The fraction of sp³-hybridized carbons (Fsp3) is 0.235. The summed E-state index contributed by atoms with van der Waals surface area (Å²) < 4.78 is 5.09. The molecule has 24 heavy (non-hydrogen) atoms. The Hall–Kier alpha value is -3.09. The first-order chi connectivity index (χ1) is 11.4. The quantitative estimate of drug-likeness (QED) is 0.693. The molecule has 7 nitrogen and oxygen atoms in total. The van der Waals surface area contributed by atoms with Gasteiger partial charge in [-0.25, -0.2) is 4.98 Å². The number of aromatic amines is 1. The summed E-state index contributed by atoms with van der Waals surface area (Å²) in [5, 5.41) is 0. The number of hydrazine groups is 1. The van der Waals surface area contributed by atoms with E-state index in [1.165, 1.54) is 0 Å². The van der Waals surface area contributed by atoms with Crippen LogP contribution in [0.4, 0.5) is 0 Å². The third-order valence-electron chi connectivity index (χ3n) is 3.47. The highest BCUT2D eigenvalue weighted by atomic mass is 16.5. The SMILES string of the molecule is C=C(NNC(=O)Cc1c(C)nc(C)[nH]c1=O)c1ccc(OC)cc1. The van der Waals surface area contributed by atoms with E-state index in [0.717, 1.165) is 11.3 Å². The van der Waals surface area contributed by atoms with Crippen molar-refractivity contribution in [3.8, 4) is 5.75 Å². The average Bonchev–Trinajstić information content (AvgIpc) is 2.56. The molecule has 1 aromatic heterocycles. The normalized spacial score (nSPS) is 10.1. The van der Waals surface area contributed by atoms with Crippen molar-refractivity contribution in [2.24, 2.45) is 0 Å². The number of hydrogen-bond donors (Lipinski definition) is 3. The van der Waals surface area contributed by atoms with Gasteiger partial charge in [-0.15, -0.1) is 0 Å². The molecule has 0 bridgehead atoms. The molecule has 0 aliphatic rings. The molecule has 7 heteroatoms. The molecule has 0 unspecified atom stereocenters. The zero-order chi connectivity index (χ0) is 17.7. The van der Waals surface area contributed by atoms with Gasteiger partial charge in [-0.3, -0.25) is 20.4 Å². The summed E-state index contributed by atoms with van der Waals surface area (Å²) in [6.45, 7) is 7.26. The van der Waals surface area contributed by atoms with Crippen LogP contribution in [0.15, 0.2) is 35.6 Å². The standard InChI is InChI=1S/C17H20N4O3/c1-10(13-5-7-14(24-4)8-6-13)20-21-16(22)9-15-11(2)18-12(3)19-17(15)23/h5-8,20H,1,9H2,2-4H3,(H,21,22)(H,18,19,23). The summed E-state index contributed by atoms with van der Waals surface area (Å²) in [7, 11) is 1.59. The summed E-state index contributed by atoms with van der Waals surface area (Å²) in [6, 6.07) is 7.23. The number of nitrogens with one attached hydrogen (secondary N) is 3. The van der Waals surface area contributed by atoms with E-state index in [9.17, 15) is 9.59 Å². The highest BCUT2D eigenvalue weighted by molar-refractivity contribution is 5.79. The first-order valence-electron chi connectivity index (χ1n) is 7.35. The van der Waals surface area contributed by atoms with Gasteiger partial charge in [0.05, 0.1) is 19.2 Å². The highest BCUT2D eigenvalue weighted by Gasteiger charge is 2.12. The molecule has 1 heterocycles. The van der Waals surface area contributed by atoms with E-state index in [0.29, 0.717) is 22.8 Å². The minimum atomic E-state index is -0.357. The van der Waals surface area contributed by atoms with Crippen LogP contribution in [-0.4, -0.2) is 23.0 Å². The number of rotatable bonds is 6. The van der Waals surface area contributed by atoms with Crippen LogP contribution in [0.1, 0.15) is 22.6 Å². The zero-order valence-electron chi connectivity index (χ0n) is 13.9. The molecule has 2 aromatic rings. The van der Waals surface area contributed by atoms with E-state index in [4.69, 9.17) is 4.74 Å². The van der Waals surface area contributed by atoms with Crippen LogP contribution in [0.25, 0.3) is 5.70 Å². The van der Waals surface area contributed by atoms with Gasteiger partial charge < -0.3 is 9.72 Å². The van der Waals surface area contributed by atoms with Crippen LogP contribution in [-0.2, 0) is 11.2 Å². The lowest BCUT2D eigenvalue weighted by atomic mass is 10.1. The minimum absolute atomic E-state index is 0.0721. The second-order valence-electron chi connectivity index (χ2n) is 5.27. The Kier molecular flexibility index (Phi) is 5.36. The summed E-state index contributed by atoms with van der Waals surface area (Å²) in [5.74, 6) is 0.897. The van der Waals surface area contributed by atoms with Crippen LogP contribution >= 0.6 is 0 Å². The Morgan fingerprint density at radius 2 is 1.92 bits per heavy atom. The van der Waals surface area contributed by atoms with Gasteiger partial charge in [-0.1, -0.05) is 6.58 Å². The maximum Gasteiger partial charge on any atom is 0.254 e. The zero-order valence-corrected chi connectivity index (χ0v) is 13.9. The molecular formula is C17H20N4O3. The van der Waals surface area contributed by atoms with E-state index in [1.807, 2.05) is 12.1 Å². The van der Waals surface area contributed by atoms with Crippen molar-refractivity contribution < 1.29 is 9.53 Å². The first-order valence-corrected chi connectivity index (χ1v) is 7.35. The molecule has 1 aromatic carbocycles. The van der Waals surface area contributed by atoms with Gasteiger partial charge in [0.15, 0.2) is 0 Å². The Morgan fingerprint density at radius 3 is 2.50 bits per heavy atom. The van der Waals surface area contributed by atoms with Crippen molar-refractivity contribution in [1.29, 1.82) is 0 Å². The van der Waals surface area contributed by atoms with Crippen LogP contribution in [0.3, 0.4) is 0 Å². The van der Waals surface area contributed by atoms with Gasteiger partial charge in [0.25, 0.3) is 5.56 Å². The summed E-state index contributed by atoms with van der Waals surface area (Å²) in [5.41, 5.74) is 7.18. The monoisotopic (exact) mass is 328 g/mol. The van der Waals surface area contributed by atoms with E-state index in [1.54, 1.807) is 33.1 Å². The molecule has 0 saturated heterocycles. The van der Waals surface area contributed by atoms with Crippen molar-refractivity contribution in [3.05, 3.63) is 63.8 Å². The van der Waals surface area contributed by atoms with Gasteiger partial charge in [0.2, 0.25) is 5.91 Å². The van der Waals surface area contributed by atoms with Crippen molar-refractivity contribution in [3.63, 3.8) is 0 Å². The number of aromatic nitrogens is 2. The molecule has 0 saturated carbocycles. The number of methoxy groups -OCH3 is 1. The van der Waals surface area contributed by atoms with E-state index in [-0.39, 0.29) is 17.9 Å². The number of nitrogens with zero attached hydrogens (tertiary/aromatic N) is 1. The van der Waals surface area contributed by atoms with Gasteiger partial charge in [-0.2, -0.15) is 0 Å². The third-order valence-corrected chi connectivity index (χ3v) is 3.47. The van der Waals surface area contributed by atoms with Crippen molar-refractivity contribution in [1.82, 2.24) is 20.8 Å². The topological polar surface area (TPSA) is 96.1 Å². The number of benzene rings is 1. The number of aryl methyl sites for hydroxylation is 2. The molecule has 2 rings (SSSR count). The van der Waals surface area contributed by atoms with Crippen LogP contribution in [0.2, 0.25) is 0 Å². The predicted molar refractivity (Wildman–Crippen MR) is 91.3 cm³/mol. The van der Waals surface area contributed by atoms with Crippen LogP contribution in [0.5, 0.6) is 5.75 Å². The van der Waals surface area contributed by atoms with Gasteiger partial charge >= 0.3 is 0 Å². The minimum Gasteiger partial charge on any atom is -0.497 e. The maximum atomic E-state index is 12.0. The lowest BCUT2D eigenvalue weighted by Crippen LogP contribution is -2.38. The van der Waals surface area contributed by atoms with E-state index in [2.05, 4.69) is 27.4 Å². The first kappa shape index (κ1) is 17.3. The summed E-state index contributed by atoms with van der Waals surface area (Å²) in [6.07, 6.45) is -0.0721. The number of ether oxygens (including phenoxy) is 1. The second-order valence-corrected chi connectivity index (χ2v) is 5.27. The molecule has 0 fully saturated rings. The molecule has 0 atom stereocenters. The molecule has 0 spiro atoms. The van der Waals surface area contributed by atoms with Gasteiger partial charge in [0.1, 0.15) is 11.6 Å². The van der Waals surface area contributed by atoms with Crippen LogP contribution < -0.4 is 21.1 Å². The maximum absolute atomic E-state index is 12.0. The molecule has 126 valence electrons. The molecule has 1 amide bonds. The molecular weight excluding hydrogens is 308 g/mol. The molecule has 0 radical (unpaired) electrons. The average molecular weight is 328 g/mol. The number of hydrogen-bond acceptors (Lipinski definition) is 5. The number of carbonyl (C=O) groups excluding carboxylic acids is 1. The van der Waals surface area contributed by atoms with Crippen molar-refractivity contribution >= 4 is 11.6 Å². The third kappa shape index (κ3) is 4.22.